The monoisotopic (exact) mass is 276 g/mol. The average Bonchev–Trinajstić information content (AvgIpc) is 2.42. The first-order valence-corrected chi connectivity index (χ1v) is 7.16. The zero-order chi connectivity index (χ0) is 14.7. The molecule has 1 heterocycles. The van der Waals surface area contributed by atoms with Crippen molar-refractivity contribution in [3.63, 3.8) is 0 Å². The lowest BCUT2D eigenvalue weighted by atomic mass is 9.87. The quantitative estimate of drug-likeness (QED) is 0.895. The van der Waals surface area contributed by atoms with Gasteiger partial charge >= 0.3 is 0 Å². The lowest BCUT2D eigenvalue weighted by Crippen LogP contribution is -2.50. The lowest BCUT2D eigenvalue weighted by molar-refractivity contribution is -0.138. The van der Waals surface area contributed by atoms with Crippen molar-refractivity contribution in [2.24, 2.45) is 11.8 Å². The molecule has 1 amide bonds. The van der Waals surface area contributed by atoms with E-state index in [9.17, 15) is 4.79 Å². The molecule has 0 saturated carbocycles. The molecule has 2 rings (SSSR count). The Hall–Kier alpha value is -1.55. The Kier molecular flexibility index (Phi) is 4.65. The fraction of sp³-hybridized carbons (Fsp3) is 0.562. The number of benzene rings is 1. The van der Waals surface area contributed by atoms with Crippen LogP contribution in [0.15, 0.2) is 24.3 Å². The minimum absolute atomic E-state index is 0.00846. The van der Waals surface area contributed by atoms with Gasteiger partial charge in [0.2, 0.25) is 5.91 Å². The number of nitrogens with one attached hydrogen (secondary N) is 1. The Bertz CT molecular complexity index is 471. The van der Waals surface area contributed by atoms with Crippen LogP contribution in [0.25, 0.3) is 0 Å². The highest BCUT2D eigenvalue weighted by atomic mass is 16.5. The van der Waals surface area contributed by atoms with E-state index in [-0.39, 0.29) is 17.9 Å². The molecule has 0 bridgehead atoms. The Morgan fingerprint density at radius 3 is 2.55 bits per heavy atom. The maximum absolute atomic E-state index is 12.5. The largest absolute Gasteiger partial charge is 0.496 e. The number of nitrogens with zero attached hydrogens (tertiary/aromatic N) is 1. The Morgan fingerprint density at radius 2 is 2.00 bits per heavy atom. The summed E-state index contributed by atoms with van der Waals surface area (Å²) in [4.78, 5) is 14.4. The number of hydrogen-bond acceptors (Lipinski definition) is 3. The zero-order valence-corrected chi connectivity index (χ0v) is 12.7. The van der Waals surface area contributed by atoms with Crippen LogP contribution in [0.2, 0.25) is 0 Å². The number of carbonyl (C=O) groups excluding carboxylic acids is 1. The maximum atomic E-state index is 12.5. The fourth-order valence-corrected chi connectivity index (χ4v) is 2.60. The average molecular weight is 276 g/mol. The summed E-state index contributed by atoms with van der Waals surface area (Å²) in [6, 6.07) is 7.88. The summed E-state index contributed by atoms with van der Waals surface area (Å²) in [7, 11) is 3.54. The molecule has 0 aliphatic carbocycles. The topological polar surface area (TPSA) is 41.6 Å². The van der Waals surface area contributed by atoms with Crippen molar-refractivity contribution in [1.29, 1.82) is 0 Å². The zero-order valence-electron chi connectivity index (χ0n) is 12.7. The second-order valence-corrected chi connectivity index (χ2v) is 5.57. The van der Waals surface area contributed by atoms with E-state index in [1.165, 1.54) is 0 Å². The Labute approximate surface area is 121 Å². The number of ether oxygens (including phenoxy) is 1. The van der Waals surface area contributed by atoms with Gasteiger partial charge in [0.25, 0.3) is 0 Å². The van der Waals surface area contributed by atoms with Crippen molar-refractivity contribution in [1.82, 2.24) is 10.2 Å². The maximum Gasteiger partial charge on any atom is 0.226 e. The highest BCUT2D eigenvalue weighted by Crippen LogP contribution is 2.30. The number of rotatable bonds is 5. The van der Waals surface area contributed by atoms with Gasteiger partial charge in [-0.3, -0.25) is 4.79 Å². The molecule has 20 heavy (non-hydrogen) atoms. The van der Waals surface area contributed by atoms with Gasteiger partial charge in [-0.1, -0.05) is 25.1 Å². The molecule has 4 heteroatoms. The van der Waals surface area contributed by atoms with Gasteiger partial charge < -0.3 is 15.0 Å². The molecule has 1 aliphatic heterocycles. The van der Waals surface area contributed by atoms with Gasteiger partial charge in [-0.15, -0.1) is 0 Å². The molecule has 0 aromatic heterocycles. The summed E-state index contributed by atoms with van der Waals surface area (Å²) >= 11 is 0. The Balaban J connectivity index is 2.10. The molecule has 1 aromatic rings. The van der Waals surface area contributed by atoms with Gasteiger partial charge in [-0.05, 0) is 32.0 Å². The molecule has 4 nitrogen and oxygen atoms in total. The van der Waals surface area contributed by atoms with Crippen molar-refractivity contribution in [3.05, 3.63) is 29.8 Å². The standard InChI is InChI=1S/C16H24N2O2/c1-11(13-9-17-10-13)16(19)18(3)12(2)14-7-5-6-8-15(14)20-4/h5-8,11-13,17H,9-10H2,1-4H3. The van der Waals surface area contributed by atoms with E-state index in [2.05, 4.69) is 5.32 Å². The van der Waals surface area contributed by atoms with Crippen molar-refractivity contribution < 1.29 is 9.53 Å². The van der Waals surface area contributed by atoms with Crippen LogP contribution in [0.5, 0.6) is 5.75 Å². The van der Waals surface area contributed by atoms with Crippen molar-refractivity contribution in [2.45, 2.75) is 19.9 Å². The van der Waals surface area contributed by atoms with Crippen molar-refractivity contribution in [2.75, 3.05) is 27.2 Å². The van der Waals surface area contributed by atoms with E-state index in [0.29, 0.717) is 5.92 Å². The van der Waals surface area contributed by atoms with Gasteiger partial charge in [0.1, 0.15) is 5.75 Å². The molecule has 1 aliphatic rings. The molecule has 1 fully saturated rings. The fourth-order valence-electron chi connectivity index (χ4n) is 2.60. The number of amides is 1. The molecule has 110 valence electrons. The predicted octanol–water partition coefficient (Wildman–Crippen LogP) is 2.07. The van der Waals surface area contributed by atoms with Crippen LogP contribution < -0.4 is 10.1 Å². The third-order valence-corrected chi connectivity index (χ3v) is 4.43. The normalized spacial score (nSPS) is 18.0. The third-order valence-electron chi connectivity index (χ3n) is 4.43. The van der Waals surface area contributed by atoms with Crippen LogP contribution >= 0.6 is 0 Å². The first-order valence-electron chi connectivity index (χ1n) is 7.16. The van der Waals surface area contributed by atoms with E-state index in [0.717, 1.165) is 24.4 Å². The van der Waals surface area contributed by atoms with Gasteiger partial charge in [0, 0.05) is 18.5 Å². The molecule has 1 aromatic carbocycles. The van der Waals surface area contributed by atoms with E-state index >= 15 is 0 Å². The van der Waals surface area contributed by atoms with Crippen LogP contribution in [0.4, 0.5) is 0 Å². The highest BCUT2D eigenvalue weighted by molar-refractivity contribution is 5.79. The van der Waals surface area contributed by atoms with Gasteiger partial charge in [0.05, 0.1) is 13.2 Å². The highest BCUT2D eigenvalue weighted by Gasteiger charge is 2.32. The third kappa shape index (κ3) is 2.80. The molecular weight excluding hydrogens is 252 g/mol. The van der Waals surface area contributed by atoms with Crippen LogP contribution in [0.3, 0.4) is 0 Å². The summed E-state index contributed by atoms with van der Waals surface area (Å²) in [6.45, 7) is 5.97. The smallest absolute Gasteiger partial charge is 0.226 e. The van der Waals surface area contributed by atoms with Gasteiger partial charge in [0.15, 0.2) is 0 Å². The summed E-state index contributed by atoms with van der Waals surface area (Å²) < 4.78 is 5.39. The van der Waals surface area contributed by atoms with Gasteiger partial charge in [-0.2, -0.15) is 0 Å². The SMILES string of the molecule is COc1ccccc1C(C)N(C)C(=O)C(C)C1CNC1. The minimum atomic E-state index is 0.00846. The number of methoxy groups -OCH3 is 1. The Morgan fingerprint density at radius 1 is 1.35 bits per heavy atom. The van der Waals surface area contributed by atoms with E-state index < -0.39 is 0 Å². The minimum Gasteiger partial charge on any atom is -0.496 e. The second-order valence-electron chi connectivity index (χ2n) is 5.57. The van der Waals surface area contributed by atoms with E-state index in [1.54, 1.807) is 7.11 Å². The van der Waals surface area contributed by atoms with E-state index in [4.69, 9.17) is 4.74 Å². The molecule has 0 radical (unpaired) electrons. The van der Waals surface area contributed by atoms with Crippen LogP contribution in [-0.4, -0.2) is 38.1 Å². The van der Waals surface area contributed by atoms with Crippen molar-refractivity contribution >= 4 is 5.91 Å². The van der Waals surface area contributed by atoms with Gasteiger partial charge in [-0.25, -0.2) is 0 Å². The predicted molar refractivity (Wildman–Crippen MR) is 79.7 cm³/mol. The molecule has 1 saturated heterocycles. The van der Waals surface area contributed by atoms with Crippen LogP contribution in [0.1, 0.15) is 25.5 Å². The molecule has 2 unspecified atom stereocenters. The van der Waals surface area contributed by atoms with Crippen LogP contribution in [-0.2, 0) is 4.79 Å². The number of para-hydroxylation sites is 1. The lowest BCUT2D eigenvalue weighted by Gasteiger charge is -2.36. The summed E-state index contributed by atoms with van der Waals surface area (Å²) in [6.07, 6.45) is 0. The summed E-state index contributed by atoms with van der Waals surface area (Å²) in [5.74, 6) is 1.57. The molecular formula is C16H24N2O2. The second kappa shape index (κ2) is 6.27. The summed E-state index contributed by atoms with van der Waals surface area (Å²) in [5.41, 5.74) is 1.05. The van der Waals surface area contributed by atoms with Crippen LogP contribution in [0, 0.1) is 11.8 Å². The number of hydrogen-bond donors (Lipinski definition) is 1. The summed E-state index contributed by atoms with van der Waals surface area (Å²) in [5, 5.41) is 3.22. The molecule has 1 N–H and O–H groups in total. The first-order chi connectivity index (χ1) is 9.56. The first kappa shape index (κ1) is 14.9. The molecule has 2 atom stereocenters. The molecule has 0 spiro atoms. The number of carbonyl (C=O) groups is 1. The van der Waals surface area contributed by atoms with E-state index in [1.807, 2.05) is 50.1 Å². The van der Waals surface area contributed by atoms with Crippen molar-refractivity contribution in [3.8, 4) is 5.75 Å².